The molecule has 33 heavy (non-hydrogen) atoms. The third kappa shape index (κ3) is 4.72. The van der Waals surface area contributed by atoms with E-state index in [0.29, 0.717) is 18.8 Å². The molecule has 9 nitrogen and oxygen atoms in total. The summed E-state index contributed by atoms with van der Waals surface area (Å²) in [6.45, 7) is 4.79. The number of pyridine rings is 1. The van der Waals surface area contributed by atoms with Crippen LogP contribution in [0.2, 0.25) is 0 Å². The first-order valence-electron chi connectivity index (χ1n) is 11.3. The van der Waals surface area contributed by atoms with Gasteiger partial charge in [-0.25, -0.2) is 13.4 Å². The zero-order valence-electron chi connectivity index (χ0n) is 19.0. The molecule has 0 aliphatic carbocycles. The summed E-state index contributed by atoms with van der Waals surface area (Å²) in [5.74, 6) is 0.651. The number of aryl methyl sites for hydroxylation is 2. The van der Waals surface area contributed by atoms with Crippen LogP contribution in [-0.4, -0.2) is 45.8 Å². The van der Waals surface area contributed by atoms with E-state index in [-0.39, 0.29) is 11.4 Å². The minimum atomic E-state index is -3.73. The highest BCUT2D eigenvalue weighted by molar-refractivity contribution is 7.89. The Kier molecular flexibility index (Phi) is 6.66. The van der Waals surface area contributed by atoms with Crippen molar-refractivity contribution in [3.05, 3.63) is 52.7 Å². The van der Waals surface area contributed by atoms with Crippen LogP contribution < -0.4 is 10.9 Å². The molecular formula is C23H29N5O4S. The first-order valence-corrected chi connectivity index (χ1v) is 12.8. The Morgan fingerprint density at radius 1 is 1.12 bits per heavy atom. The van der Waals surface area contributed by atoms with Crippen LogP contribution >= 0.6 is 0 Å². The molecule has 3 heterocycles. The Balaban J connectivity index is 1.53. The number of sulfonamides is 1. The molecule has 0 unspecified atom stereocenters. The van der Waals surface area contributed by atoms with Crippen molar-refractivity contribution in [3.63, 3.8) is 0 Å². The summed E-state index contributed by atoms with van der Waals surface area (Å²) in [6.07, 6.45) is 5.65. The van der Waals surface area contributed by atoms with Crippen LogP contribution in [0.3, 0.4) is 0 Å². The number of imidazole rings is 1. The molecule has 1 amide bonds. The van der Waals surface area contributed by atoms with E-state index in [2.05, 4.69) is 9.88 Å². The normalized spacial score (nSPS) is 14.3. The van der Waals surface area contributed by atoms with Crippen molar-refractivity contribution >= 4 is 32.7 Å². The maximum atomic E-state index is 12.8. The lowest BCUT2D eigenvalue weighted by atomic mass is 10.2. The third-order valence-electron chi connectivity index (χ3n) is 6.01. The molecule has 2 aromatic heterocycles. The number of anilines is 1. The molecule has 0 radical (unpaired) electrons. The molecule has 4 rings (SSSR count). The number of nitrogens with one attached hydrogen (secondary N) is 1. The number of hydrogen-bond donors (Lipinski definition) is 1. The van der Waals surface area contributed by atoms with E-state index in [4.69, 9.17) is 4.98 Å². The van der Waals surface area contributed by atoms with Gasteiger partial charge in [0.1, 0.15) is 12.4 Å². The van der Waals surface area contributed by atoms with Crippen LogP contribution in [0.25, 0.3) is 11.0 Å². The first kappa shape index (κ1) is 23.2. The maximum Gasteiger partial charge on any atom is 0.251 e. The molecular weight excluding hydrogens is 442 g/mol. The average molecular weight is 472 g/mol. The Bertz CT molecular complexity index is 1340. The van der Waals surface area contributed by atoms with Gasteiger partial charge in [0.25, 0.3) is 5.56 Å². The van der Waals surface area contributed by atoms with E-state index in [1.54, 1.807) is 13.8 Å². The van der Waals surface area contributed by atoms with E-state index in [0.717, 1.165) is 47.2 Å². The summed E-state index contributed by atoms with van der Waals surface area (Å²) in [7, 11) is -3.73. The van der Waals surface area contributed by atoms with Crippen molar-refractivity contribution in [2.45, 2.75) is 57.5 Å². The quantitative estimate of drug-likeness (QED) is 0.570. The number of carbonyl (C=O) groups excluding carboxylic acids is 1. The van der Waals surface area contributed by atoms with Crippen molar-refractivity contribution in [2.75, 3.05) is 18.4 Å². The lowest BCUT2D eigenvalue weighted by molar-refractivity contribution is -0.116. The summed E-state index contributed by atoms with van der Waals surface area (Å²) in [5.41, 5.74) is 2.02. The molecule has 0 spiro atoms. The van der Waals surface area contributed by atoms with E-state index in [9.17, 15) is 18.0 Å². The highest BCUT2D eigenvalue weighted by atomic mass is 32.2. The Hall–Kier alpha value is -2.98. The third-order valence-corrected chi connectivity index (χ3v) is 8.04. The molecule has 0 saturated heterocycles. The largest absolute Gasteiger partial charge is 0.328 e. The Morgan fingerprint density at radius 2 is 1.91 bits per heavy atom. The SMILES string of the molecule is CCN(CC)S(=O)(=O)c1ccc(=O)n(CC(=O)Nc2ccc3c(c2)nc2n3CCCCC2)c1. The van der Waals surface area contributed by atoms with Crippen molar-refractivity contribution in [2.24, 2.45) is 0 Å². The number of rotatable bonds is 7. The predicted molar refractivity (Wildman–Crippen MR) is 127 cm³/mol. The number of benzene rings is 1. The summed E-state index contributed by atoms with van der Waals surface area (Å²) in [6, 6.07) is 8.06. The molecule has 1 aliphatic rings. The summed E-state index contributed by atoms with van der Waals surface area (Å²) >= 11 is 0. The lowest BCUT2D eigenvalue weighted by Crippen LogP contribution is -2.33. The minimum absolute atomic E-state index is 0.0143. The van der Waals surface area contributed by atoms with Gasteiger partial charge in [-0.05, 0) is 37.1 Å². The van der Waals surface area contributed by atoms with Crippen LogP contribution in [0.5, 0.6) is 0 Å². The van der Waals surface area contributed by atoms with Gasteiger partial charge in [0.15, 0.2) is 0 Å². The molecule has 0 bridgehead atoms. The monoisotopic (exact) mass is 471 g/mol. The Labute approximate surface area is 193 Å². The van der Waals surface area contributed by atoms with Gasteiger partial charge < -0.3 is 14.5 Å². The molecule has 1 aliphatic heterocycles. The van der Waals surface area contributed by atoms with Gasteiger partial charge >= 0.3 is 0 Å². The van der Waals surface area contributed by atoms with E-state index in [1.165, 1.54) is 29.1 Å². The molecule has 176 valence electrons. The van der Waals surface area contributed by atoms with Gasteiger partial charge in [-0.2, -0.15) is 4.31 Å². The second-order valence-electron chi connectivity index (χ2n) is 8.16. The molecule has 0 atom stereocenters. The van der Waals surface area contributed by atoms with Crippen molar-refractivity contribution in [1.82, 2.24) is 18.4 Å². The zero-order valence-corrected chi connectivity index (χ0v) is 19.8. The standard InChI is InChI=1S/C23H29N5O4S/c1-3-27(4-2)33(31,32)18-10-12-23(30)26(15-18)16-22(29)24-17-9-11-20-19(14-17)25-21-8-6-5-7-13-28(20)21/h9-12,14-15H,3-8,13,16H2,1-2H3,(H,24,29). The van der Waals surface area contributed by atoms with Gasteiger partial charge in [-0.15, -0.1) is 0 Å². The van der Waals surface area contributed by atoms with Crippen LogP contribution in [0.4, 0.5) is 5.69 Å². The van der Waals surface area contributed by atoms with Crippen LogP contribution in [0.15, 0.2) is 46.2 Å². The molecule has 0 fully saturated rings. The van der Waals surface area contributed by atoms with Crippen LogP contribution in [0.1, 0.15) is 38.9 Å². The molecule has 0 saturated carbocycles. The van der Waals surface area contributed by atoms with Gasteiger partial charge in [0.05, 0.1) is 15.9 Å². The molecule has 1 aromatic carbocycles. The van der Waals surface area contributed by atoms with Gasteiger partial charge in [-0.3, -0.25) is 9.59 Å². The summed E-state index contributed by atoms with van der Waals surface area (Å²) in [5, 5.41) is 2.80. The highest BCUT2D eigenvalue weighted by Crippen LogP contribution is 2.24. The smallest absolute Gasteiger partial charge is 0.251 e. The fourth-order valence-electron chi connectivity index (χ4n) is 4.28. The van der Waals surface area contributed by atoms with Crippen molar-refractivity contribution in [3.8, 4) is 0 Å². The van der Waals surface area contributed by atoms with Gasteiger partial charge in [-0.1, -0.05) is 20.3 Å². The number of fused-ring (bicyclic) bond motifs is 3. The highest BCUT2D eigenvalue weighted by Gasteiger charge is 2.22. The molecule has 3 aromatic rings. The second kappa shape index (κ2) is 9.48. The Morgan fingerprint density at radius 3 is 2.67 bits per heavy atom. The topological polar surface area (TPSA) is 106 Å². The predicted octanol–water partition coefficient (Wildman–Crippen LogP) is 2.59. The minimum Gasteiger partial charge on any atom is -0.328 e. The van der Waals surface area contributed by atoms with Crippen LogP contribution in [-0.2, 0) is 34.3 Å². The first-order chi connectivity index (χ1) is 15.8. The van der Waals surface area contributed by atoms with Gasteiger partial charge in [0, 0.05) is 44.0 Å². The van der Waals surface area contributed by atoms with E-state index >= 15 is 0 Å². The second-order valence-corrected chi connectivity index (χ2v) is 10.1. The number of aromatic nitrogens is 3. The number of nitrogens with zero attached hydrogens (tertiary/aromatic N) is 4. The number of carbonyl (C=O) groups is 1. The summed E-state index contributed by atoms with van der Waals surface area (Å²) < 4.78 is 30.2. The fraction of sp³-hybridized carbons (Fsp3) is 0.435. The number of amides is 1. The van der Waals surface area contributed by atoms with E-state index < -0.39 is 21.5 Å². The van der Waals surface area contributed by atoms with E-state index in [1.807, 2.05) is 18.2 Å². The van der Waals surface area contributed by atoms with Crippen molar-refractivity contribution in [1.29, 1.82) is 0 Å². The lowest BCUT2D eigenvalue weighted by Gasteiger charge is -2.19. The maximum absolute atomic E-state index is 12.8. The number of hydrogen-bond acceptors (Lipinski definition) is 5. The van der Waals surface area contributed by atoms with Crippen LogP contribution in [0, 0.1) is 0 Å². The zero-order chi connectivity index (χ0) is 23.6. The fourth-order valence-corrected chi connectivity index (χ4v) is 5.76. The van der Waals surface area contributed by atoms with Gasteiger partial charge in [0.2, 0.25) is 15.9 Å². The average Bonchev–Trinajstić information content (AvgIpc) is 2.95. The molecule has 1 N–H and O–H groups in total. The van der Waals surface area contributed by atoms with Crippen molar-refractivity contribution < 1.29 is 13.2 Å². The summed E-state index contributed by atoms with van der Waals surface area (Å²) in [4.78, 5) is 29.7. The molecule has 10 heteroatoms.